The molecule has 0 saturated carbocycles. The first-order valence-corrected chi connectivity index (χ1v) is 9.53. The Morgan fingerprint density at radius 1 is 1.26 bits per heavy atom. The van der Waals surface area contributed by atoms with E-state index < -0.39 is 11.6 Å². The van der Waals surface area contributed by atoms with Crippen molar-refractivity contribution in [3.63, 3.8) is 0 Å². The van der Waals surface area contributed by atoms with Gasteiger partial charge in [-0.05, 0) is 32.3 Å². The van der Waals surface area contributed by atoms with Crippen LogP contribution in [0.4, 0.5) is 4.79 Å². The van der Waals surface area contributed by atoms with Crippen LogP contribution in [-0.4, -0.2) is 60.8 Å². The van der Waals surface area contributed by atoms with E-state index in [9.17, 15) is 9.59 Å². The van der Waals surface area contributed by atoms with Crippen LogP contribution in [0, 0.1) is 0 Å². The Bertz CT molecular complexity index is 646. The van der Waals surface area contributed by atoms with Gasteiger partial charge in [-0.3, -0.25) is 4.79 Å². The van der Waals surface area contributed by atoms with Crippen LogP contribution < -0.4 is 10.6 Å². The van der Waals surface area contributed by atoms with Crippen molar-refractivity contribution in [2.45, 2.75) is 44.4 Å². The first-order chi connectivity index (χ1) is 12.9. The third-order valence-corrected chi connectivity index (χ3v) is 5.26. The van der Waals surface area contributed by atoms with Crippen LogP contribution in [0.1, 0.15) is 32.3 Å². The van der Waals surface area contributed by atoms with Crippen LogP contribution in [0.15, 0.2) is 30.3 Å². The van der Waals surface area contributed by atoms with Crippen LogP contribution in [0.5, 0.6) is 0 Å². The lowest BCUT2D eigenvalue weighted by molar-refractivity contribution is -0.145. The zero-order chi connectivity index (χ0) is 19.3. The van der Waals surface area contributed by atoms with Gasteiger partial charge in [0, 0.05) is 26.2 Å². The van der Waals surface area contributed by atoms with Gasteiger partial charge in [-0.15, -0.1) is 0 Å². The highest BCUT2D eigenvalue weighted by molar-refractivity contribution is 5.89. The van der Waals surface area contributed by atoms with E-state index in [4.69, 9.17) is 9.47 Å². The molecule has 0 aliphatic carbocycles. The molecular formula is C20H29N3O4. The molecule has 0 atom stereocenters. The highest BCUT2D eigenvalue weighted by Gasteiger charge is 2.41. The zero-order valence-corrected chi connectivity index (χ0v) is 16.1. The fraction of sp³-hybridized carbons (Fsp3) is 0.600. The third-order valence-electron chi connectivity index (χ3n) is 5.26. The van der Waals surface area contributed by atoms with E-state index >= 15 is 0 Å². The molecule has 27 heavy (non-hydrogen) atoms. The topological polar surface area (TPSA) is 79.9 Å². The Kier molecular flexibility index (Phi) is 6.01. The summed E-state index contributed by atoms with van der Waals surface area (Å²) in [4.78, 5) is 26.8. The van der Waals surface area contributed by atoms with Gasteiger partial charge >= 0.3 is 6.09 Å². The molecule has 7 heteroatoms. The fourth-order valence-electron chi connectivity index (χ4n) is 3.61. The number of amides is 2. The van der Waals surface area contributed by atoms with E-state index in [2.05, 4.69) is 10.6 Å². The number of piperidine rings is 1. The molecule has 2 aliphatic heterocycles. The summed E-state index contributed by atoms with van der Waals surface area (Å²) < 4.78 is 11.2. The summed E-state index contributed by atoms with van der Waals surface area (Å²) in [5.74, 6) is -0.0993. The maximum Gasteiger partial charge on any atom is 0.408 e. The predicted octanol–water partition coefficient (Wildman–Crippen LogP) is 1.67. The number of carbonyl (C=O) groups excluding carboxylic acids is 2. The van der Waals surface area contributed by atoms with Crippen molar-refractivity contribution < 1.29 is 19.1 Å². The maximum atomic E-state index is 12.9. The Hall–Kier alpha value is -2.12. The maximum absolute atomic E-state index is 12.9. The van der Waals surface area contributed by atoms with Gasteiger partial charge in [-0.25, -0.2) is 4.79 Å². The van der Waals surface area contributed by atoms with Gasteiger partial charge in [-0.2, -0.15) is 0 Å². The van der Waals surface area contributed by atoms with E-state index in [1.165, 1.54) is 0 Å². The predicted molar refractivity (Wildman–Crippen MR) is 101 cm³/mol. The molecule has 0 radical (unpaired) electrons. The first-order valence-electron chi connectivity index (χ1n) is 9.53. The number of hydrogen-bond donors (Lipinski definition) is 2. The Labute approximate surface area is 160 Å². The lowest BCUT2D eigenvalue weighted by atomic mass is 9.89. The smallest absolute Gasteiger partial charge is 0.408 e. The average molecular weight is 375 g/mol. The summed E-state index contributed by atoms with van der Waals surface area (Å²) in [5.41, 5.74) is -0.273. The number of likely N-dealkylation sites (tertiary alicyclic amines) is 1. The lowest BCUT2D eigenvalue weighted by Crippen LogP contribution is -2.61. The molecule has 2 saturated heterocycles. The van der Waals surface area contributed by atoms with Gasteiger partial charge in [-0.1, -0.05) is 30.3 Å². The summed E-state index contributed by atoms with van der Waals surface area (Å²) >= 11 is 0. The highest BCUT2D eigenvalue weighted by atomic mass is 16.5. The Balaban J connectivity index is 1.48. The molecule has 0 bridgehead atoms. The number of ether oxygens (including phenoxy) is 2. The number of rotatable bonds is 4. The van der Waals surface area contributed by atoms with Crippen molar-refractivity contribution in [1.29, 1.82) is 0 Å². The van der Waals surface area contributed by atoms with E-state index in [1.54, 1.807) is 18.7 Å². The molecule has 2 heterocycles. The minimum atomic E-state index is -1.02. The van der Waals surface area contributed by atoms with E-state index in [0.29, 0.717) is 19.7 Å². The Morgan fingerprint density at radius 3 is 2.59 bits per heavy atom. The molecule has 2 N–H and O–H groups in total. The van der Waals surface area contributed by atoms with Crippen molar-refractivity contribution in [1.82, 2.24) is 15.5 Å². The lowest BCUT2D eigenvalue weighted by Gasteiger charge is -2.45. The molecular weight excluding hydrogens is 346 g/mol. The van der Waals surface area contributed by atoms with Crippen LogP contribution >= 0.6 is 0 Å². The number of alkyl carbamates (subject to hydrolysis) is 1. The number of nitrogens with one attached hydrogen (secondary N) is 2. The third kappa shape index (κ3) is 4.99. The first kappa shape index (κ1) is 19.6. The zero-order valence-electron chi connectivity index (χ0n) is 16.1. The molecule has 2 amide bonds. The number of hydrogen-bond acceptors (Lipinski definition) is 5. The van der Waals surface area contributed by atoms with Crippen LogP contribution in [-0.2, 0) is 20.9 Å². The van der Waals surface area contributed by atoms with Gasteiger partial charge in [0.2, 0.25) is 5.91 Å². The molecule has 3 rings (SSSR count). The number of nitrogens with zero attached hydrogens (tertiary/aromatic N) is 1. The minimum Gasteiger partial charge on any atom is -0.445 e. The minimum absolute atomic E-state index is 0.0993. The van der Waals surface area contributed by atoms with Crippen molar-refractivity contribution in [3.8, 4) is 0 Å². The van der Waals surface area contributed by atoms with Crippen LogP contribution in [0.25, 0.3) is 0 Å². The molecule has 148 valence electrons. The number of carbonyl (C=O) groups is 2. The van der Waals surface area contributed by atoms with Gasteiger partial charge in [0.1, 0.15) is 12.1 Å². The summed E-state index contributed by atoms with van der Waals surface area (Å²) in [6, 6.07) is 9.45. The van der Waals surface area contributed by atoms with Crippen molar-refractivity contribution in [2.24, 2.45) is 0 Å². The molecule has 1 aromatic carbocycles. The van der Waals surface area contributed by atoms with Gasteiger partial charge in [0.15, 0.2) is 0 Å². The van der Waals surface area contributed by atoms with Gasteiger partial charge < -0.3 is 25.0 Å². The SMILES string of the molecule is CC(C)(NC(=O)OCc1ccccc1)C(=O)N1CCC2(CC1)CNCCO2. The monoisotopic (exact) mass is 375 g/mol. The molecule has 2 fully saturated rings. The molecule has 1 aromatic rings. The molecule has 2 aliphatic rings. The Morgan fingerprint density at radius 2 is 1.96 bits per heavy atom. The standard InChI is InChI=1S/C20H29N3O4/c1-19(2,22-18(25)26-14-16-6-4-3-5-7-16)17(24)23-11-8-20(9-12-23)15-21-10-13-27-20/h3-7,21H,8-15H2,1-2H3,(H,22,25). The summed E-state index contributed by atoms with van der Waals surface area (Å²) in [6.45, 7) is 7.29. The van der Waals surface area contributed by atoms with Crippen LogP contribution in [0.3, 0.4) is 0 Å². The second kappa shape index (κ2) is 8.27. The van der Waals surface area contributed by atoms with Crippen molar-refractivity contribution in [3.05, 3.63) is 35.9 Å². The van der Waals surface area contributed by atoms with E-state index in [1.807, 2.05) is 30.3 Å². The molecule has 7 nitrogen and oxygen atoms in total. The van der Waals surface area contributed by atoms with Crippen molar-refractivity contribution >= 4 is 12.0 Å². The van der Waals surface area contributed by atoms with E-state index in [0.717, 1.165) is 31.5 Å². The summed E-state index contributed by atoms with van der Waals surface area (Å²) in [7, 11) is 0. The normalized spacial score (nSPS) is 19.6. The largest absolute Gasteiger partial charge is 0.445 e. The fourth-order valence-corrected chi connectivity index (χ4v) is 3.61. The summed E-state index contributed by atoms with van der Waals surface area (Å²) in [5, 5.41) is 6.07. The second-order valence-corrected chi connectivity index (χ2v) is 7.81. The van der Waals surface area contributed by atoms with Crippen LogP contribution in [0.2, 0.25) is 0 Å². The highest BCUT2D eigenvalue weighted by Crippen LogP contribution is 2.28. The van der Waals surface area contributed by atoms with Gasteiger partial charge in [0.25, 0.3) is 0 Å². The number of morpholine rings is 1. The molecule has 0 aromatic heterocycles. The van der Waals surface area contributed by atoms with E-state index in [-0.39, 0.29) is 18.1 Å². The molecule has 1 spiro atoms. The average Bonchev–Trinajstić information content (AvgIpc) is 2.68. The van der Waals surface area contributed by atoms with Crippen molar-refractivity contribution in [2.75, 3.05) is 32.8 Å². The molecule has 0 unspecified atom stereocenters. The number of benzene rings is 1. The quantitative estimate of drug-likeness (QED) is 0.837. The second-order valence-electron chi connectivity index (χ2n) is 7.81. The summed E-state index contributed by atoms with van der Waals surface area (Å²) in [6.07, 6.45) is 1.02. The van der Waals surface area contributed by atoms with Gasteiger partial charge in [0.05, 0.1) is 12.2 Å².